The summed E-state index contributed by atoms with van der Waals surface area (Å²) in [6.45, 7) is 4.30. The fraction of sp³-hybridized carbons (Fsp3) is 0.947. The molecule has 0 unspecified atom stereocenters. The van der Waals surface area contributed by atoms with Crippen LogP contribution in [0.15, 0.2) is 0 Å². The highest BCUT2D eigenvalue weighted by Crippen LogP contribution is 2.13. The first-order valence-corrected chi connectivity index (χ1v) is 9.40. The average molecular weight is 299 g/mol. The predicted octanol–water partition coefficient (Wildman–Crippen LogP) is 5.81. The number of carbonyl (C=O) groups is 1. The number of rotatable bonds is 16. The van der Waals surface area contributed by atoms with Crippen LogP contribution in [-0.4, -0.2) is 17.0 Å². The molecule has 0 fully saturated rings. The third-order valence-electron chi connectivity index (χ3n) is 4.14. The predicted molar refractivity (Wildman–Crippen MR) is 91.6 cm³/mol. The number of Topliss-reactive ketones (excluding diaryl/α,β-unsaturated/α-hetero) is 1. The van der Waals surface area contributed by atoms with Crippen LogP contribution in [0.1, 0.15) is 110 Å². The van der Waals surface area contributed by atoms with Gasteiger partial charge >= 0.3 is 0 Å². The van der Waals surface area contributed by atoms with Crippen LogP contribution in [0.4, 0.5) is 0 Å². The van der Waals surface area contributed by atoms with E-state index >= 15 is 0 Å². The SMILES string of the molecule is CCCCCCCCCCCCCC(=O)C[C@H](O)CCC. The first-order chi connectivity index (χ1) is 10.2. The van der Waals surface area contributed by atoms with E-state index in [0.29, 0.717) is 12.8 Å². The molecule has 0 aromatic heterocycles. The van der Waals surface area contributed by atoms with E-state index in [-0.39, 0.29) is 5.78 Å². The van der Waals surface area contributed by atoms with Crippen molar-refractivity contribution in [1.82, 2.24) is 0 Å². The van der Waals surface area contributed by atoms with Gasteiger partial charge in [0.1, 0.15) is 5.78 Å². The number of unbranched alkanes of at least 4 members (excludes halogenated alkanes) is 10. The Morgan fingerprint density at radius 2 is 1.24 bits per heavy atom. The van der Waals surface area contributed by atoms with Crippen molar-refractivity contribution in [2.24, 2.45) is 0 Å². The molecular formula is C19H38O2. The van der Waals surface area contributed by atoms with Crippen molar-refractivity contribution in [1.29, 1.82) is 0 Å². The number of aliphatic hydroxyl groups is 1. The van der Waals surface area contributed by atoms with Crippen LogP contribution in [0.2, 0.25) is 0 Å². The Morgan fingerprint density at radius 1 is 0.762 bits per heavy atom. The normalized spacial score (nSPS) is 12.5. The van der Waals surface area contributed by atoms with Gasteiger partial charge in [0.15, 0.2) is 0 Å². The second kappa shape index (κ2) is 16.0. The molecule has 0 bridgehead atoms. The second-order valence-corrected chi connectivity index (χ2v) is 6.47. The number of hydrogen-bond acceptors (Lipinski definition) is 2. The summed E-state index contributed by atoms with van der Waals surface area (Å²) in [5.74, 6) is 0.242. The fourth-order valence-corrected chi connectivity index (χ4v) is 2.79. The maximum Gasteiger partial charge on any atom is 0.135 e. The highest BCUT2D eigenvalue weighted by molar-refractivity contribution is 5.78. The lowest BCUT2D eigenvalue weighted by Crippen LogP contribution is -2.12. The minimum Gasteiger partial charge on any atom is -0.393 e. The lowest BCUT2D eigenvalue weighted by Gasteiger charge is -2.07. The highest BCUT2D eigenvalue weighted by Gasteiger charge is 2.09. The van der Waals surface area contributed by atoms with Crippen molar-refractivity contribution in [3.63, 3.8) is 0 Å². The lowest BCUT2D eigenvalue weighted by molar-refractivity contribution is -0.121. The van der Waals surface area contributed by atoms with Crippen LogP contribution >= 0.6 is 0 Å². The number of hydrogen-bond donors (Lipinski definition) is 1. The van der Waals surface area contributed by atoms with E-state index in [1.165, 1.54) is 64.2 Å². The molecule has 0 saturated heterocycles. The molecule has 1 atom stereocenters. The largest absolute Gasteiger partial charge is 0.393 e. The topological polar surface area (TPSA) is 37.3 Å². The van der Waals surface area contributed by atoms with Gasteiger partial charge in [-0.3, -0.25) is 4.79 Å². The van der Waals surface area contributed by atoms with Crippen molar-refractivity contribution in [2.45, 2.75) is 116 Å². The van der Waals surface area contributed by atoms with Gasteiger partial charge in [-0.2, -0.15) is 0 Å². The highest BCUT2D eigenvalue weighted by atomic mass is 16.3. The fourth-order valence-electron chi connectivity index (χ4n) is 2.79. The molecule has 0 aromatic carbocycles. The van der Waals surface area contributed by atoms with Crippen molar-refractivity contribution < 1.29 is 9.90 Å². The van der Waals surface area contributed by atoms with Gasteiger partial charge in [-0.05, 0) is 12.8 Å². The summed E-state index contributed by atoms with van der Waals surface area (Å²) < 4.78 is 0. The molecule has 0 rings (SSSR count). The zero-order valence-corrected chi connectivity index (χ0v) is 14.5. The summed E-state index contributed by atoms with van der Waals surface area (Å²) >= 11 is 0. The number of ketones is 1. The van der Waals surface area contributed by atoms with E-state index in [1.54, 1.807) is 0 Å². The summed E-state index contributed by atoms with van der Waals surface area (Å²) in [6, 6.07) is 0. The molecule has 0 saturated carbocycles. The smallest absolute Gasteiger partial charge is 0.135 e. The first kappa shape index (κ1) is 20.6. The Labute approximate surface area is 132 Å². The Kier molecular flexibility index (Phi) is 15.7. The zero-order valence-electron chi connectivity index (χ0n) is 14.5. The van der Waals surface area contributed by atoms with E-state index in [1.807, 2.05) is 6.92 Å². The Balaban J connectivity index is 3.19. The van der Waals surface area contributed by atoms with E-state index in [2.05, 4.69) is 6.92 Å². The second-order valence-electron chi connectivity index (χ2n) is 6.47. The van der Waals surface area contributed by atoms with Crippen LogP contribution in [0.3, 0.4) is 0 Å². The molecule has 21 heavy (non-hydrogen) atoms. The van der Waals surface area contributed by atoms with Crippen molar-refractivity contribution in [3.05, 3.63) is 0 Å². The average Bonchev–Trinajstić information content (AvgIpc) is 2.45. The molecule has 0 heterocycles. The van der Waals surface area contributed by atoms with Gasteiger partial charge in [0.05, 0.1) is 6.10 Å². The Morgan fingerprint density at radius 3 is 1.71 bits per heavy atom. The molecule has 0 amide bonds. The molecular weight excluding hydrogens is 260 g/mol. The maximum atomic E-state index is 11.6. The van der Waals surface area contributed by atoms with Crippen LogP contribution < -0.4 is 0 Å². The monoisotopic (exact) mass is 298 g/mol. The minimum absolute atomic E-state index is 0.242. The minimum atomic E-state index is -0.407. The van der Waals surface area contributed by atoms with Gasteiger partial charge in [-0.1, -0.05) is 84.5 Å². The standard InChI is InChI=1S/C19H38O2/c1-3-5-6-7-8-9-10-11-12-13-14-16-19(21)17-18(20)15-4-2/h18,20H,3-17H2,1-2H3/t18-/m1/s1. The van der Waals surface area contributed by atoms with E-state index in [9.17, 15) is 9.90 Å². The first-order valence-electron chi connectivity index (χ1n) is 9.40. The van der Waals surface area contributed by atoms with E-state index in [0.717, 1.165) is 19.3 Å². The maximum absolute atomic E-state index is 11.6. The quantitative estimate of drug-likeness (QED) is 0.365. The van der Waals surface area contributed by atoms with E-state index < -0.39 is 6.10 Å². The lowest BCUT2D eigenvalue weighted by atomic mass is 10.0. The summed E-state index contributed by atoms with van der Waals surface area (Å²) in [7, 11) is 0. The van der Waals surface area contributed by atoms with Gasteiger partial charge in [-0.25, -0.2) is 0 Å². The molecule has 0 aromatic rings. The van der Waals surface area contributed by atoms with Crippen LogP contribution in [0, 0.1) is 0 Å². The zero-order chi connectivity index (χ0) is 15.8. The molecule has 0 aliphatic heterocycles. The molecule has 0 radical (unpaired) electrons. The molecule has 2 heteroatoms. The Bertz CT molecular complexity index is 226. The van der Waals surface area contributed by atoms with Gasteiger partial charge in [0.2, 0.25) is 0 Å². The van der Waals surface area contributed by atoms with Crippen molar-refractivity contribution in [2.75, 3.05) is 0 Å². The van der Waals surface area contributed by atoms with Gasteiger partial charge < -0.3 is 5.11 Å². The summed E-state index contributed by atoms with van der Waals surface area (Å²) in [5, 5.41) is 9.58. The van der Waals surface area contributed by atoms with Crippen molar-refractivity contribution >= 4 is 5.78 Å². The van der Waals surface area contributed by atoms with Gasteiger partial charge in [0.25, 0.3) is 0 Å². The third kappa shape index (κ3) is 15.8. The molecule has 0 spiro atoms. The Hall–Kier alpha value is -0.370. The van der Waals surface area contributed by atoms with Gasteiger partial charge in [-0.15, -0.1) is 0 Å². The molecule has 126 valence electrons. The summed E-state index contributed by atoms with van der Waals surface area (Å²) in [4.78, 5) is 11.6. The van der Waals surface area contributed by atoms with Crippen LogP contribution in [-0.2, 0) is 4.79 Å². The third-order valence-corrected chi connectivity index (χ3v) is 4.14. The van der Waals surface area contributed by atoms with Crippen LogP contribution in [0.25, 0.3) is 0 Å². The molecule has 1 N–H and O–H groups in total. The molecule has 0 aliphatic rings. The van der Waals surface area contributed by atoms with Gasteiger partial charge in [0, 0.05) is 12.8 Å². The van der Waals surface area contributed by atoms with Crippen LogP contribution in [0.5, 0.6) is 0 Å². The summed E-state index contributed by atoms with van der Waals surface area (Å²) in [5.41, 5.74) is 0. The summed E-state index contributed by atoms with van der Waals surface area (Å²) in [6.07, 6.45) is 16.8. The molecule has 0 aliphatic carbocycles. The van der Waals surface area contributed by atoms with E-state index in [4.69, 9.17) is 0 Å². The number of aliphatic hydroxyl groups excluding tert-OH is 1. The van der Waals surface area contributed by atoms with Crippen molar-refractivity contribution in [3.8, 4) is 0 Å². The molecule has 2 nitrogen and oxygen atoms in total. The number of carbonyl (C=O) groups excluding carboxylic acids is 1.